The lowest BCUT2D eigenvalue weighted by molar-refractivity contribution is -0.136. The van der Waals surface area contributed by atoms with Crippen molar-refractivity contribution in [1.82, 2.24) is 5.43 Å². The summed E-state index contributed by atoms with van der Waals surface area (Å²) < 4.78 is 16.2. The molecule has 2 N–H and O–H groups in total. The zero-order chi connectivity index (χ0) is 28.8. The zero-order valence-corrected chi connectivity index (χ0v) is 24.4. The van der Waals surface area contributed by atoms with Gasteiger partial charge in [0.2, 0.25) is 0 Å². The summed E-state index contributed by atoms with van der Waals surface area (Å²) in [5.41, 5.74) is 5.15. The summed E-state index contributed by atoms with van der Waals surface area (Å²) >= 11 is 13.7. The van der Waals surface area contributed by atoms with E-state index in [4.69, 9.17) is 37.4 Å². The average Bonchev–Trinajstić information content (AvgIpc) is 3.32. The third-order valence-corrected chi connectivity index (χ3v) is 8.25. The highest BCUT2D eigenvalue weighted by atomic mass is 35.5. The fourth-order valence-corrected chi connectivity index (χ4v) is 5.99. The Morgan fingerprint density at radius 1 is 1.00 bits per heavy atom. The van der Waals surface area contributed by atoms with E-state index >= 15 is 0 Å². The molecule has 0 fully saturated rings. The number of methoxy groups -OCH3 is 2. The second-order valence-electron chi connectivity index (χ2n) is 8.85. The normalized spacial score (nSPS) is 12.8. The number of hydrazone groups is 1. The number of anilines is 1. The van der Waals surface area contributed by atoms with E-state index in [2.05, 4.69) is 15.8 Å². The lowest BCUT2D eigenvalue weighted by Gasteiger charge is -2.13. The monoisotopic (exact) mass is 603 g/mol. The number of halogens is 2. The fourth-order valence-electron chi connectivity index (χ4n) is 4.21. The van der Waals surface area contributed by atoms with Gasteiger partial charge < -0.3 is 19.5 Å². The molecule has 2 aromatic carbocycles. The molecule has 3 aromatic rings. The minimum Gasteiger partial charge on any atom is -0.493 e. The van der Waals surface area contributed by atoms with Crippen LogP contribution in [0.4, 0.5) is 5.00 Å². The van der Waals surface area contributed by atoms with E-state index in [1.54, 1.807) is 43.3 Å². The van der Waals surface area contributed by atoms with E-state index in [9.17, 15) is 14.4 Å². The van der Waals surface area contributed by atoms with Crippen LogP contribution in [0.25, 0.3) is 0 Å². The van der Waals surface area contributed by atoms with Crippen molar-refractivity contribution >= 4 is 63.0 Å². The summed E-state index contributed by atoms with van der Waals surface area (Å²) in [6.45, 7) is 1.80. The molecule has 40 heavy (non-hydrogen) atoms. The van der Waals surface area contributed by atoms with Gasteiger partial charge in [-0.2, -0.15) is 5.10 Å². The molecule has 1 aliphatic carbocycles. The fraction of sp³-hybridized carbons (Fsp3) is 0.286. The van der Waals surface area contributed by atoms with Crippen LogP contribution in [-0.2, 0) is 33.8 Å². The van der Waals surface area contributed by atoms with Gasteiger partial charge in [-0.05, 0) is 68.5 Å². The van der Waals surface area contributed by atoms with Crippen LogP contribution in [0, 0.1) is 0 Å². The van der Waals surface area contributed by atoms with E-state index in [1.165, 1.54) is 25.6 Å². The van der Waals surface area contributed by atoms with Gasteiger partial charge in [0, 0.05) is 26.0 Å². The number of aryl methyl sites for hydroxylation is 1. The SMILES string of the molecule is COC(=O)c1c(NC(=O)C(=O)N/N=C(\C)c2ccc(OCc3c(Cl)cccc3Cl)c(OC)c2)sc2c1CCCC2. The molecule has 1 heterocycles. The average molecular weight is 605 g/mol. The molecule has 0 saturated carbocycles. The molecule has 1 aromatic heterocycles. The van der Waals surface area contributed by atoms with Crippen LogP contribution in [-0.4, -0.2) is 37.7 Å². The van der Waals surface area contributed by atoms with Crippen LogP contribution in [0.15, 0.2) is 41.5 Å². The van der Waals surface area contributed by atoms with Crippen molar-refractivity contribution in [3.05, 3.63) is 73.6 Å². The Labute approximate surface area is 245 Å². The van der Waals surface area contributed by atoms with Crippen molar-refractivity contribution in [2.45, 2.75) is 39.2 Å². The molecule has 2 amide bonds. The first-order chi connectivity index (χ1) is 19.2. The number of benzene rings is 2. The molecule has 0 bridgehead atoms. The lowest BCUT2D eigenvalue weighted by Crippen LogP contribution is -2.33. The van der Waals surface area contributed by atoms with E-state index in [1.807, 2.05) is 0 Å². The van der Waals surface area contributed by atoms with Crippen molar-refractivity contribution in [3.63, 3.8) is 0 Å². The van der Waals surface area contributed by atoms with Gasteiger partial charge >= 0.3 is 17.8 Å². The van der Waals surface area contributed by atoms with Crippen LogP contribution in [0.5, 0.6) is 11.5 Å². The highest BCUT2D eigenvalue weighted by Crippen LogP contribution is 2.38. The van der Waals surface area contributed by atoms with Gasteiger partial charge in [-0.3, -0.25) is 9.59 Å². The molecule has 0 radical (unpaired) electrons. The first-order valence-corrected chi connectivity index (χ1v) is 13.9. The van der Waals surface area contributed by atoms with Gasteiger partial charge in [0.15, 0.2) is 11.5 Å². The second-order valence-corrected chi connectivity index (χ2v) is 10.8. The van der Waals surface area contributed by atoms with Gasteiger partial charge in [0.05, 0.1) is 25.5 Å². The maximum atomic E-state index is 12.6. The first kappa shape index (κ1) is 29.4. The summed E-state index contributed by atoms with van der Waals surface area (Å²) in [4.78, 5) is 38.6. The van der Waals surface area contributed by atoms with Crippen molar-refractivity contribution < 1.29 is 28.6 Å². The first-order valence-electron chi connectivity index (χ1n) is 12.4. The summed E-state index contributed by atoms with van der Waals surface area (Å²) in [6, 6.07) is 10.3. The number of ether oxygens (including phenoxy) is 3. The second kappa shape index (κ2) is 13.2. The number of rotatable bonds is 8. The summed E-state index contributed by atoms with van der Waals surface area (Å²) in [5.74, 6) is -1.58. The number of hydrogen-bond donors (Lipinski definition) is 2. The number of esters is 1. The Balaban J connectivity index is 1.42. The maximum Gasteiger partial charge on any atom is 0.341 e. The van der Waals surface area contributed by atoms with Crippen LogP contribution in [0.2, 0.25) is 10.0 Å². The Morgan fingerprint density at radius 3 is 2.42 bits per heavy atom. The Morgan fingerprint density at radius 2 is 1.73 bits per heavy atom. The summed E-state index contributed by atoms with van der Waals surface area (Å²) in [5, 5.41) is 7.89. The summed E-state index contributed by atoms with van der Waals surface area (Å²) in [7, 11) is 2.78. The predicted octanol–water partition coefficient (Wildman–Crippen LogP) is 5.79. The van der Waals surface area contributed by atoms with Crippen LogP contribution >= 0.6 is 34.5 Å². The molecule has 4 rings (SSSR count). The maximum absolute atomic E-state index is 12.6. The van der Waals surface area contributed by atoms with Gasteiger partial charge in [-0.1, -0.05) is 29.3 Å². The van der Waals surface area contributed by atoms with Crippen molar-refractivity contribution in [2.75, 3.05) is 19.5 Å². The molecule has 1 aliphatic rings. The Kier molecular flexibility index (Phi) is 9.67. The van der Waals surface area contributed by atoms with Crippen molar-refractivity contribution in [3.8, 4) is 11.5 Å². The van der Waals surface area contributed by atoms with E-state index < -0.39 is 17.8 Å². The Hall–Kier alpha value is -3.60. The standard InChI is InChI=1S/C28H27Cl2N3O6S/c1-15(16-11-12-21(22(13-16)37-2)39-14-18-19(29)8-6-9-20(18)30)32-33-26(35)25(34)31-27-24(28(36)38-3)17-7-4-5-10-23(17)40-27/h6,8-9,11-13H,4-5,7,10,14H2,1-3H3,(H,31,34)(H,33,35)/b32-15+. The number of nitrogens with one attached hydrogen (secondary N) is 2. The molecule has 0 aliphatic heterocycles. The summed E-state index contributed by atoms with van der Waals surface area (Å²) in [6.07, 6.45) is 3.49. The minimum absolute atomic E-state index is 0.136. The largest absolute Gasteiger partial charge is 0.493 e. The molecule has 0 unspecified atom stereocenters. The number of nitrogens with zero attached hydrogens (tertiary/aromatic N) is 1. The van der Waals surface area contributed by atoms with Crippen LogP contribution in [0.3, 0.4) is 0 Å². The van der Waals surface area contributed by atoms with Crippen LogP contribution < -0.4 is 20.2 Å². The molecule has 9 nitrogen and oxygen atoms in total. The molecule has 0 spiro atoms. The molecule has 0 saturated heterocycles. The molecule has 210 valence electrons. The zero-order valence-electron chi connectivity index (χ0n) is 22.1. The number of carbonyl (C=O) groups is 3. The van der Waals surface area contributed by atoms with Gasteiger partial charge in [-0.25, -0.2) is 10.2 Å². The number of thiophene rings is 1. The van der Waals surface area contributed by atoms with Crippen LogP contribution in [0.1, 0.15) is 51.7 Å². The van der Waals surface area contributed by atoms with Crippen molar-refractivity contribution in [2.24, 2.45) is 5.10 Å². The quantitative estimate of drug-likeness (QED) is 0.146. The topological polar surface area (TPSA) is 115 Å². The highest BCUT2D eigenvalue weighted by molar-refractivity contribution is 7.17. The Bertz CT molecular complexity index is 1470. The van der Waals surface area contributed by atoms with E-state index in [-0.39, 0.29) is 6.61 Å². The third kappa shape index (κ3) is 6.57. The minimum atomic E-state index is -0.981. The van der Waals surface area contributed by atoms with Gasteiger partial charge in [0.1, 0.15) is 11.6 Å². The molecular formula is C28H27Cl2N3O6S. The molecule has 12 heteroatoms. The third-order valence-electron chi connectivity index (χ3n) is 6.33. The van der Waals surface area contributed by atoms with E-state index in [0.29, 0.717) is 48.9 Å². The number of amides is 2. The van der Waals surface area contributed by atoms with Gasteiger partial charge in [-0.15, -0.1) is 11.3 Å². The lowest BCUT2D eigenvalue weighted by atomic mass is 9.95. The van der Waals surface area contributed by atoms with Gasteiger partial charge in [0.25, 0.3) is 0 Å². The van der Waals surface area contributed by atoms with Crippen molar-refractivity contribution in [1.29, 1.82) is 0 Å². The van der Waals surface area contributed by atoms with E-state index in [0.717, 1.165) is 36.1 Å². The number of hydrogen-bond acceptors (Lipinski definition) is 8. The number of carbonyl (C=O) groups excluding carboxylic acids is 3. The highest BCUT2D eigenvalue weighted by Gasteiger charge is 2.28. The molecular weight excluding hydrogens is 577 g/mol. The molecule has 0 atom stereocenters. The smallest absolute Gasteiger partial charge is 0.341 e. The predicted molar refractivity (Wildman–Crippen MR) is 155 cm³/mol. The number of fused-ring (bicyclic) bond motifs is 1.